The Morgan fingerprint density at radius 2 is 1.92 bits per heavy atom. The van der Waals surface area contributed by atoms with Gasteiger partial charge < -0.3 is 5.11 Å². The predicted octanol–water partition coefficient (Wildman–Crippen LogP) is 3.63. The molecule has 0 atom stereocenters. The first-order chi connectivity index (χ1) is 5.75. The molecule has 0 amide bonds. The highest BCUT2D eigenvalue weighted by Crippen LogP contribution is 2.24. The number of hydrogen-bond acceptors (Lipinski definition) is 1. The highest BCUT2D eigenvalue weighted by molar-refractivity contribution is 6.31. The Hall–Kier alpha value is -0.690. The van der Waals surface area contributed by atoms with Gasteiger partial charge in [0.1, 0.15) is 5.75 Å². The van der Waals surface area contributed by atoms with E-state index in [2.05, 4.69) is 0 Å². The second-order valence-electron chi connectivity index (χ2n) is 2.09. The predicted molar refractivity (Wildman–Crippen MR) is 53.8 cm³/mol. The topological polar surface area (TPSA) is 20.2 Å². The van der Waals surface area contributed by atoms with Gasteiger partial charge in [-0.25, -0.2) is 0 Å². The minimum absolute atomic E-state index is 0.287. The van der Waals surface area contributed by atoms with E-state index in [9.17, 15) is 5.11 Å². The first kappa shape index (κ1) is 11.3. The maximum atomic E-state index is 9.21. The summed E-state index contributed by atoms with van der Waals surface area (Å²) in [6.07, 6.45) is 0.769. The number of rotatable bonds is 1. The van der Waals surface area contributed by atoms with Crippen LogP contribution in [0.1, 0.15) is 26.3 Å². The van der Waals surface area contributed by atoms with Crippen molar-refractivity contribution in [3.8, 4) is 5.75 Å². The molecule has 68 valence electrons. The average molecular weight is 187 g/mol. The average Bonchev–Trinajstić information content (AvgIpc) is 2.08. The Morgan fingerprint density at radius 1 is 1.33 bits per heavy atom. The molecular formula is C10H15ClO. The molecule has 1 aromatic rings. The van der Waals surface area contributed by atoms with Crippen molar-refractivity contribution < 1.29 is 5.11 Å². The summed E-state index contributed by atoms with van der Waals surface area (Å²) >= 11 is 5.77. The number of halogens is 1. The minimum Gasteiger partial charge on any atom is -0.508 e. The van der Waals surface area contributed by atoms with Crippen LogP contribution >= 0.6 is 11.6 Å². The van der Waals surface area contributed by atoms with Gasteiger partial charge in [0, 0.05) is 10.6 Å². The van der Waals surface area contributed by atoms with Gasteiger partial charge in [-0.2, -0.15) is 0 Å². The smallest absolute Gasteiger partial charge is 0.120 e. The third-order valence-electron chi connectivity index (χ3n) is 1.45. The minimum atomic E-state index is 0.287. The Labute approximate surface area is 79.0 Å². The molecule has 0 aliphatic carbocycles. The molecule has 0 bridgehead atoms. The Morgan fingerprint density at radius 3 is 2.25 bits per heavy atom. The largest absolute Gasteiger partial charge is 0.508 e. The molecule has 0 heterocycles. The van der Waals surface area contributed by atoms with E-state index in [4.69, 9.17) is 11.6 Å². The maximum absolute atomic E-state index is 9.21. The number of phenolic OH excluding ortho intramolecular Hbond substituents is 1. The normalized spacial score (nSPS) is 8.67. The van der Waals surface area contributed by atoms with E-state index in [1.165, 1.54) is 0 Å². The summed E-state index contributed by atoms with van der Waals surface area (Å²) in [7, 11) is 0. The van der Waals surface area contributed by atoms with Crippen molar-refractivity contribution in [2.24, 2.45) is 0 Å². The van der Waals surface area contributed by atoms with Crippen molar-refractivity contribution in [1.29, 1.82) is 0 Å². The molecule has 0 saturated carbocycles. The van der Waals surface area contributed by atoms with Crippen molar-refractivity contribution in [1.82, 2.24) is 0 Å². The monoisotopic (exact) mass is 186 g/mol. The Balaban J connectivity index is 0.000000561. The van der Waals surface area contributed by atoms with Crippen LogP contribution in [0.3, 0.4) is 0 Å². The summed E-state index contributed by atoms with van der Waals surface area (Å²) in [5.74, 6) is 0.287. The fourth-order valence-electron chi connectivity index (χ4n) is 0.897. The standard InChI is InChI=1S/C8H9ClO.C2H6/c1-2-6-7(9)4-3-5-8(6)10;1-2/h3-5,10H,2H2,1H3;1-2H3. The van der Waals surface area contributed by atoms with Crippen LogP contribution in [0.25, 0.3) is 0 Å². The van der Waals surface area contributed by atoms with Crippen molar-refractivity contribution in [3.05, 3.63) is 28.8 Å². The highest BCUT2D eigenvalue weighted by Gasteiger charge is 2.01. The molecule has 0 saturated heterocycles. The molecule has 12 heavy (non-hydrogen) atoms. The van der Waals surface area contributed by atoms with Gasteiger partial charge in [0.15, 0.2) is 0 Å². The van der Waals surface area contributed by atoms with Gasteiger partial charge in [-0.3, -0.25) is 0 Å². The van der Waals surface area contributed by atoms with Crippen molar-refractivity contribution in [3.63, 3.8) is 0 Å². The van der Waals surface area contributed by atoms with Gasteiger partial charge in [0.2, 0.25) is 0 Å². The lowest BCUT2D eigenvalue weighted by molar-refractivity contribution is 0.469. The zero-order valence-electron chi connectivity index (χ0n) is 7.76. The van der Waals surface area contributed by atoms with Gasteiger partial charge >= 0.3 is 0 Å². The van der Waals surface area contributed by atoms with Crippen molar-refractivity contribution in [2.75, 3.05) is 0 Å². The van der Waals surface area contributed by atoms with Crippen LogP contribution in [-0.2, 0) is 6.42 Å². The molecule has 0 unspecified atom stereocenters. The summed E-state index contributed by atoms with van der Waals surface area (Å²) in [6.45, 7) is 5.96. The van der Waals surface area contributed by atoms with E-state index in [0.29, 0.717) is 5.02 Å². The third kappa shape index (κ3) is 2.74. The van der Waals surface area contributed by atoms with Crippen LogP contribution in [0.15, 0.2) is 18.2 Å². The van der Waals surface area contributed by atoms with Crippen LogP contribution in [0.5, 0.6) is 5.75 Å². The van der Waals surface area contributed by atoms with Gasteiger partial charge in [-0.1, -0.05) is 38.4 Å². The van der Waals surface area contributed by atoms with Crippen molar-refractivity contribution in [2.45, 2.75) is 27.2 Å². The van der Waals surface area contributed by atoms with Gasteiger partial charge in [0.05, 0.1) is 0 Å². The second-order valence-corrected chi connectivity index (χ2v) is 2.50. The summed E-state index contributed by atoms with van der Waals surface area (Å²) in [6, 6.07) is 5.15. The van der Waals surface area contributed by atoms with E-state index in [1.54, 1.807) is 18.2 Å². The lowest BCUT2D eigenvalue weighted by Crippen LogP contribution is -1.81. The van der Waals surface area contributed by atoms with E-state index in [-0.39, 0.29) is 5.75 Å². The first-order valence-electron chi connectivity index (χ1n) is 4.22. The number of phenols is 1. The molecule has 1 aromatic carbocycles. The summed E-state index contributed by atoms with van der Waals surface area (Å²) in [4.78, 5) is 0. The van der Waals surface area contributed by atoms with E-state index in [0.717, 1.165) is 12.0 Å². The zero-order valence-corrected chi connectivity index (χ0v) is 8.52. The van der Waals surface area contributed by atoms with E-state index >= 15 is 0 Å². The van der Waals surface area contributed by atoms with Crippen LogP contribution in [0.2, 0.25) is 5.02 Å². The Kier molecular flexibility index (Phi) is 5.56. The molecule has 0 radical (unpaired) electrons. The summed E-state index contributed by atoms with van der Waals surface area (Å²) in [5.41, 5.74) is 0.823. The Bertz CT molecular complexity index is 213. The van der Waals surface area contributed by atoms with Gasteiger partial charge in [-0.15, -0.1) is 0 Å². The molecule has 0 aliphatic rings. The lowest BCUT2D eigenvalue weighted by atomic mass is 10.1. The SMILES string of the molecule is CC.CCc1c(O)cccc1Cl. The molecule has 0 fully saturated rings. The molecular weight excluding hydrogens is 172 g/mol. The van der Waals surface area contributed by atoms with E-state index in [1.807, 2.05) is 20.8 Å². The molecule has 1 N–H and O–H groups in total. The summed E-state index contributed by atoms with van der Waals surface area (Å²) in [5, 5.41) is 9.85. The van der Waals surface area contributed by atoms with Gasteiger partial charge in [-0.05, 0) is 18.6 Å². The fraction of sp³-hybridized carbons (Fsp3) is 0.400. The second kappa shape index (κ2) is 5.90. The van der Waals surface area contributed by atoms with Crippen LogP contribution in [-0.4, -0.2) is 5.11 Å². The van der Waals surface area contributed by atoms with Crippen molar-refractivity contribution >= 4 is 11.6 Å². The quantitative estimate of drug-likeness (QED) is 0.710. The molecule has 2 heteroatoms. The zero-order chi connectivity index (χ0) is 9.56. The van der Waals surface area contributed by atoms with E-state index < -0.39 is 0 Å². The van der Waals surface area contributed by atoms with Crippen LogP contribution in [0.4, 0.5) is 0 Å². The van der Waals surface area contributed by atoms with Gasteiger partial charge in [0.25, 0.3) is 0 Å². The third-order valence-corrected chi connectivity index (χ3v) is 1.80. The maximum Gasteiger partial charge on any atom is 0.120 e. The molecule has 1 nitrogen and oxygen atoms in total. The number of hydrogen-bond donors (Lipinski definition) is 1. The van der Waals surface area contributed by atoms with Crippen LogP contribution in [0, 0.1) is 0 Å². The highest BCUT2D eigenvalue weighted by atomic mass is 35.5. The van der Waals surface area contributed by atoms with Crippen LogP contribution < -0.4 is 0 Å². The molecule has 0 spiro atoms. The fourth-order valence-corrected chi connectivity index (χ4v) is 1.20. The first-order valence-corrected chi connectivity index (χ1v) is 4.60. The molecule has 0 aromatic heterocycles. The molecule has 1 rings (SSSR count). The lowest BCUT2D eigenvalue weighted by Gasteiger charge is -2.01. The molecule has 0 aliphatic heterocycles. The summed E-state index contributed by atoms with van der Waals surface area (Å²) < 4.78 is 0. The number of aromatic hydroxyl groups is 1. The number of benzene rings is 1.